The van der Waals surface area contributed by atoms with Gasteiger partial charge < -0.3 is 4.90 Å². The lowest BCUT2D eigenvalue weighted by Gasteiger charge is -2.25. The first-order valence-corrected chi connectivity index (χ1v) is 16.8. The summed E-state index contributed by atoms with van der Waals surface area (Å²) in [6.45, 7) is 5.51. The first-order chi connectivity index (χ1) is 18.5. The van der Waals surface area contributed by atoms with Crippen molar-refractivity contribution in [3.05, 3.63) is 59.2 Å². The van der Waals surface area contributed by atoms with Gasteiger partial charge in [0.05, 0.1) is 14.7 Å². The van der Waals surface area contributed by atoms with Crippen molar-refractivity contribution in [3.63, 3.8) is 0 Å². The highest BCUT2D eigenvalue weighted by atomic mass is 35.5. The Morgan fingerprint density at radius 2 is 1.74 bits per heavy atom. The van der Waals surface area contributed by atoms with E-state index in [9.17, 15) is 16.8 Å². The van der Waals surface area contributed by atoms with Crippen molar-refractivity contribution in [2.24, 2.45) is 0 Å². The molecule has 1 fully saturated rings. The smallest absolute Gasteiger partial charge is 0.264 e. The fraction of sp³-hybridized carbons (Fsp3) is 0.385. The van der Waals surface area contributed by atoms with Crippen LogP contribution in [0.1, 0.15) is 38.2 Å². The number of hydrogen-bond acceptors (Lipinski definition) is 8. The quantitative estimate of drug-likeness (QED) is 0.325. The van der Waals surface area contributed by atoms with Crippen LogP contribution in [0.5, 0.6) is 0 Å². The summed E-state index contributed by atoms with van der Waals surface area (Å²) in [4.78, 5) is 12.6. The SMILES string of the molecule is CCCN(C)c1nc(NS(=O)(=O)c2ccc(Cl)cc2C)ncc1Sc1ccc(S(=O)(=O)N2CCCCC2)cc1. The summed E-state index contributed by atoms with van der Waals surface area (Å²) in [6, 6.07) is 11.3. The molecule has 2 aromatic carbocycles. The van der Waals surface area contributed by atoms with Crippen LogP contribution in [0.25, 0.3) is 0 Å². The van der Waals surface area contributed by atoms with Crippen molar-refractivity contribution < 1.29 is 16.8 Å². The Labute approximate surface area is 240 Å². The number of anilines is 2. The topological polar surface area (TPSA) is 113 Å². The molecule has 39 heavy (non-hydrogen) atoms. The molecule has 0 saturated carbocycles. The van der Waals surface area contributed by atoms with Crippen molar-refractivity contribution in [2.45, 2.75) is 59.1 Å². The molecule has 0 aliphatic carbocycles. The number of aromatic nitrogens is 2. The van der Waals surface area contributed by atoms with Crippen LogP contribution < -0.4 is 9.62 Å². The molecule has 1 saturated heterocycles. The number of benzene rings is 2. The van der Waals surface area contributed by atoms with Crippen LogP contribution in [0.2, 0.25) is 5.02 Å². The van der Waals surface area contributed by atoms with Crippen LogP contribution in [0.4, 0.5) is 11.8 Å². The van der Waals surface area contributed by atoms with Gasteiger partial charge in [-0.15, -0.1) is 0 Å². The summed E-state index contributed by atoms with van der Waals surface area (Å²) in [7, 11) is -5.57. The van der Waals surface area contributed by atoms with Crippen molar-refractivity contribution in [1.29, 1.82) is 0 Å². The molecule has 1 aliphatic heterocycles. The molecule has 4 rings (SSSR count). The Morgan fingerprint density at radius 3 is 2.38 bits per heavy atom. The van der Waals surface area contributed by atoms with E-state index in [0.717, 1.165) is 30.6 Å². The minimum atomic E-state index is -3.94. The second kappa shape index (κ2) is 12.4. The zero-order valence-electron chi connectivity index (χ0n) is 22.1. The molecule has 0 radical (unpaired) electrons. The summed E-state index contributed by atoms with van der Waals surface area (Å²) < 4.78 is 56.1. The number of halogens is 1. The fourth-order valence-corrected chi connectivity index (χ4v) is 8.19. The van der Waals surface area contributed by atoms with Gasteiger partial charge in [0.2, 0.25) is 16.0 Å². The minimum Gasteiger partial charge on any atom is -0.359 e. The molecule has 0 bridgehead atoms. The first-order valence-electron chi connectivity index (χ1n) is 12.7. The van der Waals surface area contributed by atoms with Crippen LogP contribution in [0.3, 0.4) is 0 Å². The van der Waals surface area contributed by atoms with E-state index in [-0.39, 0.29) is 15.7 Å². The van der Waals surface area contributed by atoms with E-state index < -0.39 is 20.0 Å². The summed E-state index contributed by atoms with van der Waals surface area (Å²) in [5.41, 5.74) is 0.510. The van der Waals surface area contributed by atoms with E-state index in [1.165, 1.54) is 23.9 Å². The average molecular weight is 610 g/mol. The lowest BCUT2D eigenvalue weighted by molar-refractivity contribution is 0.346. The standard InChI is InChI=1S/C26H32ClN5O4S3/c1-4-14-31(3)25-23(18-28-26(29-25)30-38(33,34)24-13-8-20(27)17-19(24)2)37-21-9-11-22(12-10-21)39(35,36)32-15-6-5-7-16-32/h8-13,17-18H,4-7,14-16H2,1-3H3,(H,28,29,30). The predicted octanol–water partition coefficient (Wildman–Crippen LogP) is 5.41. The molecule has 0 amide bonds. The molecule has 0 unspecified atom stereocenters. The molecular formula is C26H32ClN5O4S3. The number of rotatable bonds is 10. The van der Waals surface area contributed by atoms with E-state index in [0.29, 0.717) is 40.9 Å². The number of nitrogens with one attached hydrogen (secondary N) is 1. The third-order valence-corrected chi connectivity index (χ3v) is 11.0. The summed E-state index contributed by atoms with van der Waals surface area (Å²) in [5.74, 6) is 0.516. The Hall–Kier alpha value is -2.38. The van der Waals surface area contributed by atoms with E-state index >= 15 is 0 Å². The van der Waals surface area contributed by atoms with E-state index in [1.807, 2.05) is 18.9 Å². The highest BCUT2D eigenvalue weighted by Crippen LogP contribution is 2.35. The van der Waals surface area contributed by atoms with E-state index in [1.54, 1.807) is 47.8 Å². The third-order valence-electron chi connectivity index (χ3n) is 6.31. The maximum Gasteiger partial charge on any atom is 0.264 e. The zero-order valence-corrected chi connectivity index (χ0v) is 25.3. The lowest BCUT2D eigenvalue weighted by Crippen LogP contribution is -2.35. The molecule has 1 aliphatic rings. The maximum absolute atomic E-state index is 13.0. The minimum absolute atomic E-state index is 0.0466. The summed E-state index contributed by atoms with van der Waals surface area (Å²) in [5, 5.41) is 0.449. The van der Waals surface area contributed by atoms with E-state index in [2.05, 4.69) is 14.7 Å². The zero-order chi connectivity index (χ0) is 28.2. The van der Waals surface area contributed by atoms with Gasteiger partial charge in [0.15, 0.2) is 0 Å². The number of hydrogen-bond donors (Lipinski definition) is 1. The fourth-order valence-electron chi connectivity index (χ4n) is 4.35. The van der Waals surface area contributed by atoms with Crippen molar-refractivity contribution in [3.8, 4) is 0 Å². The van der Waals surface area contributed by atoms with Crippen LogP contribution in [0, 0.1) is 6.92 Å². The van der Waals surface area contributed by atoms with Gasteiger partial charge in [0.1, 0.15) is 5.82 Å². The lowest BCUT2D eigenvalue weighted by atomic mass is 10.2. The number of sulfonamides is 2. The normalized spacial score (nSPS) is 14.8. The van der Waals surface area contributed by atoms with Crippen LogP contribution in [-0.2, 0) is 20.0 Å². The number of piperidine rings is 1. The van der Waals surface area contributed by atoms with Crippen LogP contribution in [0.15, 0.2) is 68.2 Å². The van der Waals surface area contributed by atoms with Crippen molar-refractivity contribution >= 4 is 55.2 Å². The molecule has 2 heterocycles. The van der Waals surface area contributed by atoms with E-state index in [4.69, 9.17) is 11.6 Å². The highest BCUT2D eigenvalue weighted by Gasteiger charge is 2.26. The van der Waals surface area contributed by atoms with Gasteiger partial charge in [0, 0.05) is 42.8 Å². The second-order valence-electron chi connectivity index (χ2n) is 9.36. The molecule has 1 N–H and O–H groups in total. The summed E-state index contributed by atoms with van der Waals surface area (Å²) >= 11 is 7.37. The Balaban J connectivity index is 1.58. The van der Waals surface area contributed by atoms with Gasteiger partial charge in [-0.1, -0.05) is 36.7 Å². The van der Waals surface area contributed by atoms with Crippen molar-refractivity contribution in [1.82, 2.24) is 14.3 Å². The number of aryl methyl sites for hydroxylation is 1. The molecule has 3 aromatic rings. The van der Waals surface area contributed by atoms with Gasteiger partial charge in [-0.2, -0.15) is 9.29 Å². The van der Waals surface area contributed by atoms with Crippen LogP contribution >= 0.6 is 23.4 Å². The molecule has 9 nitrogen and oxygen atoms in total. The average Bonchev–Trinajstić information content (AvgIpc) is 2.90. The molecule has 1 aromatic heterocycles. The van der Waals surface area contributed by atoms with Gasteiger partial charge in [-0.3, -0.25) is 0 Å². The van der Waals surface area contributed by atoms with Gasteiger partial charge in [-0.05, 0) is 74.2 Å². The largest absolute Gasteiger partial charge is 0.359 e. The Morgan fingerprint density at radius 1 is 1.05 bits per heavy atom. The van der Waals surface area contributed by atoms with Gasteiger partial charge in [-0.25, -0.2) is 26.5 Å². The van der Waals surface area contributed by atoms with Crippen molar-refractivity contribution in [2.75, 3.05) is 36.3 Å². The molecule has 13 heteroatoms. The molecular weight excluding hydrogens is 578 g/mol. The van der Waals surface area contributed by atoms with Crippen LogP contribution in [-0.4, -0.2) is 57.8 Å². The molecule has 0 atom stereocenters. The first kappa shape index (κ1) is 29.6. The Kier molecular flexibility index (Phi) is 9.43. The third kappa shape index (κ3) is 7.04. The predicted molar refractivity (Wildman–Crippen MR) is 156 cm³/mol. The summed E-state index contributed by atoms with van der Waals surface area (Å²) in [6.07, 6.45) is 5.25. The molecule has 210 valence electrons. The Bertz CT molecular complexity index is 1530. The molecule has 0 spiro atoms. The maximum atomic E-state index is 13.0. The van der Waals surface area contributed by atoms with Gasteiger partial charge in [0.25, 0.3) is 10.0 Å². The monoisotopic (exact) mass is 609 g/mol. The highest BCUT2D eigenvalue weighted by molar-refractivity contribution is 7.99. The number of nitrogens with zero attached hydrogens (tertiary/aromatic N) is 4. The second-order valence-corrected chi connectivity index (χ2v) is 14.5. The van der Waals surface area contributed by atoms with Gasteiger partial charge >= 0.3 is 0 Å².